The van der Waals surface area contributed by atoms with Crippen molar-refractivity contribution in [3.05, 3.63) is 0 Å². The molecule has 0 unspecified atom stereocenters. The number of hydrogen-bond acceptors (Lipinski definition) is 3. The standard InChI is InChI=1S/C9H15NO2/c1-12-7(11)2-8-3-9(4-8,5-8)6-10/h2-6,10H2,1H3. The fourth-order valence-corrected chi connectivity index (χ4v) is 3.01. The summed E-state index contributed by atoms with van der Waals surface area (Å²) in [6.45, 7) is 0.788. The van der Waals surface area contributed by atoms with Crippen LogP contribution in [0.4, 0.5) is 0 Å². The third-order valence-corrected chi connectivity index (χ3v) is 3.43. The Bertz CT molecular complexity index is 205. The van der Waals surface area contributed by atoms with Gasteiger partial charge in [-0.05, 0) is 36.6 Å². The van der Waals surface area contributed by atoms with Crippen molar-refractivity contribution in [3.8, 4) is 0 Å². The number of esters is 1. The van der Waals surface area contributed by atoms with Gasteiger partial charge in [-0.25, -0.2) is 0 Å². The summed E-state index contributed by atoms with van der Waals surface area (Å²) < 4.78 is 4.64. The van der Waals surface area contributed by atoms with Crippen molar-refractivity contribution in [1.82, 2.24) is 0 Å². The zero-order valence-electron chi connectivity index (χ0n) is 7.43. The summed E-state index contributed by atoms with van der Waals surface area (Å²) in [4.78, 5) is 11.0. The number of methoxy groups -OCH3 is 1. The summed E-state index contributed by atoms with van der Waals surface area (Å²) >= 11 is 0. The Morgan fingerprint density at radius 2 is 2.00 bits per heavy atom. The highest BCUT2D eigenvalue weighted by atomic mass is 16.5. The topological polar surface area (TPSA) is 52.3 Å². The number of rotatable bonds is 3. The number of carbonyl (C=O) groups excluding carboxylic acids is 1. The molecule has 68 valence electrons. The largest absolute Gasteiger partial charge is 0.469 e. The lowest BCUT2D eigenvalue weighted by molar-refractivity contribution is -0.207. The van der Waals surface area contributed by atoms with Crippen LogP contribution in [-0.2, 0) is 9.53 Å². The lowest BCUT2D eigenvalue weighted by Gasteiger charge is -2.70. The maximum absolute atomic E-state index is 11.0. The molecule has 3 rings (SSSR count). The fraction of sp³-hybridized carbons (Fsp3) is 0.889. The summed E-state index contributed by atoms with van der Waals surface area (Å²) in [5.41, 5.74) is 6.33. The van der Waals surface area contributed by atoms with Crippen molar-refractivity contribution in [2.75, 3.05) is 13.7 Å². The monoisotopic (exact) mass is 169 g/mol. The van der Waals surface area contributed by atoms with E-state index in [2.05, 4.69) is 4.74 Å². The Labute approximate surface area is 72.3 Å². The smallest absolute Gasteiger partial charge is 0.306 e. The van der Waals surface area contributed by atoms with Crippen LogP contribution in [0.3, 0.4) is 0 Å². The van der Waals surface area contributed by atoms with Crippen LogP contribution in [-0.4, -0.2) is 19.6 Å². The van der Waals surface area contributed by atoms with E-state index in [-0.39, 0.29) is 5.97 Å². The van der Waals surface area contributed by atoms with E-state index in [0.717, 1.165) is 25.8 Å². The molecule has 0 amide bonds. The van der Waals surface area contributed by atoms with Gasteiger partial charge in [0.25, 0.3) is 0 Å². The first-order valence-corrected chi connectivity index (χ1v) is 4.41. The van der Waals surface area contributed by atoms with E-state index in [1.165, 1.54) is 7.11 Å². The molecular weight excluding hydrogens is 154 g/mol. The molecule has 0 heterocycles. The van der Waals surface area contributed by atoms with E-state index >= 15 is 0 Å². The Hall–Kier alpha value is -0.570. The van der Waals surface area contributed by atoms with E-state index in [0.29, 0.717) is 17.3 Å². The Kier molecular flexibility index (Phi) is 1.49. The highest BCUT2D eigenvalue weighted by Crippen LogP contribution is 2.74. The lowest BCUT2D eigenvalue weighted by atomic mass is 9.34. The van der Waals surface area contributed by atoms with Gasteiger partial charge in [0.1, 0.15) is 0 Å². The SMILES string of the molecule is COC(=O)CC12CC(CN)(C1)C2. The van der Waals surface area contributed by atoms with Crippen molar-refractivity contribution < 1.29 is 9.53 Å². The molecule has 3 aliphatic carbocycles. The zero-order chi connectivity index (χ0) is 8.82. The molecule has 2 bridgehead atoms. The van der Waals surface area contributed by atoms with Gasteiger partial charge in [-0.2, -0.15) is 0 Å². The third kappa shape index (κ3) is 0.891. The molecule has 2 N–H and O–H groups in total. The third-order valence-electron chi connectivity index (χ3n) is 3.43. The summed E-state index contributed by atoms with van der Waals surface area (Å²) in [6, 6.07) is 0. The highest BCUT2D eigenvalue weighted by molar-refractivity contribution is 5.71. The Balaban J connectivity index is 1.84. The number of ether oxygens (including phenoxy) is 1. The molecule has 0 aromatic rings. The molecule has 3 nitrogen and oxygen atoms in total. The fourth-order valence-electron chi connectivity index (χ4n) is 3.01. The first kappa shape index (κ1) is 8.05. The van der Waals surface area contributed by atoms with E-state index in [4.69, 9.17) is 5.73 Å². The summed E-state index contributed by atoms with van der Waals surface area (Å²) in [6.07, 6.45) is 4.04. The van der Waals surface area contributed by atoms with Crippen LogP contribution in [0.1, 0.15) is 25.7 Å². The minimum absolute atomic E-state index is 0.0691. The molecule has 0 aliphatic heterocycles. The maximum atomic E-state index is 11.0. The van der Waals surface area contributed by atoms with Crippen LogP contribution in [0.15, 0.2) is 0 Å². The van der Waals surface area contributed by atoms with Crippen molar-refractivity contribution >= 4 is 5.97 Å². The number of nitrogens with two attached hydrogens (primary N) is 1. The second-order valence-electron chi connectivity index (χ2n) is 4.49. The van der Waals surface area contributed by atoms with Gasteiger partial charge >= 0.3 is 5.97 Å². The van der Waals surface area contributed by atoms with Crippen molar-refractivity contribution in [1.29, 1.82) is 0 Å². The zero-order valence-corrected chi connectivity index (χ0v) is 7.43. The van der Waals surface area contributed by atoms with Gasteiger partial charge in [0.15, 0.2) is 0 Å². The van der Waals surface area contributed by atoms with Crippen LogP contribution in [0.5, 0.6) is 0 Å². The molecule has 3 saturated carbocycles. The van der Waals surface area contributed by atoms with Gasteiger partial charge in [-0.15, -0.1) is 0 Å². The number of carbonyl (C=O) groups is 1. The minimum atomic E-state index is -0.0691. The predicted molar refractivity (Wildman–Crippen MR) is 44.4 cm³/mol. The van der Waals surface area contributed by atoms with Crippen LogP contribution >= 0.6 is 0 Å². The van der Waals surface area contributed by atoms with Gasteiger partial charge in [0.2, 0.25) is 0 Å². The van der Waals surface area contributed by atoms with E-state index in [1.54, 1.807) is 0 Å². The molecule has 12 heavy (non-hydrogen) atoms. The van der Waals surface area contributed by atoms with Crippen molar-refractivity contribution in [2.24, 2.45) is 16.6 Å². The molecule has 3 fully saturated rings. The molecule has 0 radical (unpaired) electrons. The van der Waals surface area contributed by atoms with Crippen LogP contribution < -0.4 is 5.73 Å². The van der Waals surface area contributed by atoms with Gasteiger partial charge in [-0.1, -0.05) is 0 Å². The Morgan fingerprint density at radius 1 is 1.42 bits per heavy atom. The first-order valence-electron chi connectivity index (χ1n) is 4.41. The van der Waals surface area contributed by atoms with Gasteiger partial charge in [0.05, 0.1) is 13.5 Å². The average Bonchev–Trinajstić information content (AvgIpc) is 1.93. The molecule has 0 aromatic heterocycles. The first-order chi connectivity index (χ1) is 5.64. The highest BCUT2D eigenvalue weighted by Gasteiger charge is 2.67. The van der Waals surface area contributed by atoms with E-state index in [1.807, 2.05) is 0 Å². The van der Waals surface area contributed by atoms with Gasteiger partial charge < -0.3 is 10.5 Å². The Morgan fingerprint density at radius 3 is 2.42 bits per heavy atom. The van der Waals surface area contributed by atoms with Crippen LogP contribution in [0.2, 0.25) is 0 Å². The van der Waals surface area contributed by atoms with Crippen molar-refractivity contribution in [3.63, 3.8) is 0 Å². The second kappa shape index (κ2) is 2.22. The molecule has 0 aromatic carbocycles. The van der Waals surface area contributed by atoms with Crippen LogP contribution in [0.25, 0.3) is 0 Å². The normalized spacial score (nSPS) is 42.8. The molecule has 3 heteroatoms. The van der Waals surface area contributed by atoms with E-state index < -0.39 is 0 Å². The van der Waals surface area contributed by atoms with Crippen LogP contribution in [0, 0.1) is 10.8 Å². The lowest BCUT2D eigenvalue weighted by Crippen LogP contribution is -2.65. The molecule has 0 spiro atoms. The molecule has 3 aliphatic rings. The number of hydrogen-bond donors (Lipinski definition) is 1. The van der Waals surface area contributed by atoms with E-state index in [9.17, 15) is 4.79 Å². The maximum Gasteiger partial charge on any atom is 0.306 e. The molecular formula is C9H15NO2. The average molecular weight is 169 g/mol. The summed E-state index contributed by atoms with van der Waals surface area (Å²) in [5, 5.41) is 0. The molecule has 0 atom stereocenters. The predicted octanol–water partition coefficient (Wildman–Crippen LogP) is 0.678. The van der Waals surface area contributed by atoms with Gasteiger partial charge in [-0.3, -0.25) is 4.79 Å². The van der Waals surface area contributed by atoms with Gasteiger partial charge in [0, 0.05) is 0 Å². The summed E-state index contributed by atoms with van der Waals surface area (Å²) in [7, 11) is 1.45. The second-order valence-corrected chi connectivity index (χ2v) is 4.49. The summed E-state index contributed by atoms with van der Waals surface area (Å²) in [5.74, 6) is -0.0691. The molecule has 0 saturated heterocycles. The quantitative estimate of drug-likeness (QED) is 0.632. The minimum Gasteiger partial charge on any atom is -0.469 e. The van der Waals surface area contributed by atoms with Crippen molar-refractivity contribution in [2.45, 2.75) is 25.7 Å².